The number of benzene rings is 1. The molecule has 1 rings (SSSR count). The minimum absolute atomic E-state index is 0.337. The number of nitrogens with two attached hydrogens (primary N) is 1. The molecule has 0 aliphatic carbocycles. The monoisotopic (exact) mass is 298 g/mol. The lowest BCUT2D eigenvalue weighted by Gasteiger charge is -2.23. The van der Waals surface area contributed by atoms with Crippen molar-refractivity contribution in [1.82, 2.24) is 5.48 Å². The first-order valence-corrected chi connectivity index (χ1v) is 6.67. The van der Waals surface area contributed by atoms with Crippen molar-refractivity contribution in [3.05, 3.63) is 28.8 Å². The van der Waals surface area contributed by atoms with E-state index in [0.717, 1.165) is 23.3 Å². The first-order chi connectivity index (χ1) is 9.49. The molecule has 1 aromatic rings. The Balaban J connectivity index is 2.89. The topological polar surface area (TPSA) is 91.4 Å². The molecule has 0 aliphatic heterocycles. The summed E-state index contributed by atoms with van der Waals surface area (Å²) in [6, 6.07) is 4.52. The Morgan fingerprint density at radius 1 is 1.55 bits per heavy atom. The lowest BCUT2D eigenvalue weighted by molar-refractivity contribution is 0.0626. The maximum Gasteiger partial charge on any atom is 0.352 e. The van der Waals surface area contributed by atoms with E-state index in [1.807, 2.05) is 6.92 Å². The van der Waals surface area contributed by atoms with Gasteiger partial charge in [0.25, 0.3) is 0 Å². The Kier molecular flexibility index (Phi) is 6.27. The van der Waals surface area contributed by atoms with E-state index in [9.17, 15) is 4.79 Å². The first-order valence-electron chi connectivity index (χ1n) is 6.30. The zero-order chi connectivity index (χ0) is 15.1. The molecule has 0 bridgehead atoms. The molecule has 110 valence electrons. The number of amides is 2. The van der Waals surface area contributed by atoms with Gasteiger partial charge in [0.2, 0.25) is 5.96 Å². The molecule has 0 radical (unpaired) electrons. The van der Waals surface area contributed by atoms with Crippen LogP contribution in [-0.4, -0.2) is 18.6 Å². The average Bonchev–Trinajstić information content (AvgIpc) is 2.38. The lowest BCUT2D eigenvalue weighted by atomic mass is 10.2. The summed E-state index contributed by atoms with van der Waals surface area (Å²) >= 11 is 6.08. The third-order valence-corrected chi connectivity index (χ3v) is 2.92. The number of hydrogen-bond donors (Lipinski definition) is 3. The molecule has 2 amide bonds. The third kappa shape index (κ3) is 4.11. The van der Waals surface area contributed by atoms with E-state index in [2.05, 4.69) is 5.48 Å². The summed E-state index contributed by atoms with van der Waals surface area (Å²) in [5, 5.41) is 7.89. The number of anilines is 1. The Bertz CT molecular complexity index is 473. The summed E-state index contributed by atoms with van der Waals surface area (Å²) in [4.78, 5) is 18.1. The van der Waals surface area contributed by atoms with Crippen LogP contribution >= 0.6 is 11.6 Å². The molecule has 0 aromatic heterocycles. The zero-order valence-corrected chi connectivity index (χ0v) is 12.3. The minimum atomic E-state index is -0.648. The number of guanidine groups is 1. The molecule has 0 atom stereocenters. The predicted molar refractivity (Wildman–Crippen MR) is 80.0 cm³/mol. The second-order valence-corrected chi connectivity index (χ2v) is 4.64. The SMILES string of the molecule is CCCCONC(=O)N(C(=N)N)c1c(C)cccc1Cl. The van der Waals surface area contributed by atoms with Crippen LogP contribution in [0.15, 0.2) is 18.2 Å². The van der Waals surface area contributed by atoms with Crippen LogP contribution in [0.1, 0.15) is 25.3 Å². The van der Waals surface area contributed by atoms with Crippen molar-refractivity contribution in [1.29, 1.82) is 5.41 Å². The van der Waals surface area contributed by atoms with Gasteiger partial charge in [0.05, 0.1) is 17.3 Å². The van der Waals surface area contributed by atoms with Crippen molar-refractivity contribution in [2.75, 3.05) is 11.5 Å². The zero-order valence-electron chi connectivity index (χ0n) is 11.6. The van der Waals surface area contributed by atoms with Crippen LogP contribution in [0, 0.1) is 12.3 Å². The number of urea groups is 1. The number of nitrogens with one attached hydrogen (secondary N) is 2. The molecule has 20 heavy (non-hydrogen) atoms. The van der Waals surface area contributed by atoms with Gasteiger partial charge in [-0.3, -0.25) is 10.2 Å². The van der Waals surface area contributed by atoms with Gasteiger partial charge in [-0.2, -0.15) is 0 Å². The van der Waals surface area contributed by atoms with Gasteiger partial charge in [0.15, 0.2) is 0 Å². The highest BCUT2D eigenvalue weighted by atomic mass is 35.5. The molecule has 0 heterocycles. The molecule has 0 aliphatic rings. The van der Waals surface area contributed by atoms with Crippen molar-refractivity contribution in [2.24, 2.45) is 5.73 Å². The highest BCUT2D eigenvalue weighted by molar-refractivity contribution is 6.35. The molecule has 7 heteroatoms. The highest BCUT2D eigenvalue weighted by Crippen LogP contribution is 2.29. The fourth-order valence-electron chi connectivity index (χ4n) is 1.61. The molecule has 0 spiro atoms. The van der Waals surface area contributed by atoms with E-state index in [1.54, 1.807) is 25.1 Å². The molecule has 0 saturated heterocycles. The molecule has 4 N–H and O–H groups in total. The Labute approximate surface area is 123 Å². The maximum atomic E-state index is 12.1. The number of carbonyl (C=O) groups excluding carboxylic acids is 1. The van der Waals surface area contributed by atoms with Crippen LogP contribution in [-0.2, 0) is 4.84 Å². The summed E-state index contributed by atoms with van der Waals surface area (Å²) in [7, 11) is 0. The van der Waals surface area contributed by atoms with Crippen LogP contribution in [0.4, 0.5) is 10.5 Å². The molecule has 0 unspecified atom stereocenters. The average molecular weight is 299 g/mol. The van der Waals surface area contributed by atoms with Gasteiger partial charge >= 0.3 is 6.03 Å². The number of para-hydroxylation sites is 1. The van der Waals surface area contributed by atoms with Crippen molar-refractivity contribution < 1.29 is 9.63 Å². The van der Waals surface area contributed by atoms with Crippen LogP contribution in [0.5, 0.6) is 0 Å². The van der Waals surface area contributed by atoms with Gasteiger partial charge in [0.1, 0.15) is 0 Å². The summed E-state index contributed by atoms with van der Waals surface area (Å²) in [6.07, 6.45) is 1.78. The predicted octanol–water partition coefficient (Wildman–Crippen LogP) is 2.79. The molecule has 0 fully saturated rings. The number of carbonyl (C=O) groups is 1. The molecule has 0 saturated carbocycles. The van der Waals surface area contributed by atoms with Gasteiger partial charge in [-0.25, -0.2) is 15.2 Å². The van der Waals surface area contributed by atoms with Gasteiger partial charge in [-0.1, -0.05) is 37.1 Å². The van der Waals surface area contributed by atoms with Crippen LogP contribution < -0.4 is 16.1 Å². The first kappa shape index (κ1) is 16.3. The van der Waals surface area contributed by atoms with E-state index in [0.29, 0.717) is 17.3 Å². The largest absolute Gasteiger partial charge is 0.369 e. The van der Waals surface area contributed by atoms with Gasteiger partial charge in [-0.05, 0) is 25.0 Å². The summed E-state index contributed by atoms with van der Waals surface area (Å²) in [6.45, 7) is 4.19. The van der Waals surface area contributed by atoms with Crippen LogP contribution in [0.2, 0.25) is 5.02 Å². The van der Waals surface area contributed by atoms with Gasteiger partial charge in [0, 0.05) is 0 Å². The fraction of sp³-hybridized carbons (Fsp3) is 0.385. The lowest BCUT2D eigenvalue weighted by Crippen LogP contribution is -2.47. The normalized spacial score (nSPS) is 10.2. The van der Waals surface area contributed by atoms with E-state index in [1.165, 1.54) is 0 Å². The van der Waals surface area contributed by atoms with Crippen molar-refractivity contribution >= 4 is 29.3 Å². The Hall–Kier alpha value is -1.79. The standard InChI is InChI=1S/C13H19ClN4O2/c1-3-4-8-20-17-13(19)18(12(15)16)11-9(2)6-5-7-10(11)14/h5-7H,3-4,8H2,1-2H3,(H3,15,16)(H,17,19). The van der Waals surface area contributed by atoms with Crippen molar-refractivity contribution in [3.8, 4) is 0 Å². The number of nitrogens with zero attached hydrogens (tertiary/aromatic N) is 1. The molecule has 1 aromatic carbocycles. The van der Waals surface area contributed by atoms with E-state index in [-0.39, 0.29) is 0 Å². The summed E-state index contributed by atoms with van der Waals surface area (Å²) in [5.74, 6) is -0.433. The molecular weight excluding hydrogens is 280 g/mol. The van der Waals surface area contributed by atoms with E-state index in [4.69, 9.17) is 27.6 Å². The van der Waals surface area contributed by atoms with Crippen LogP contribution in [0.3, 0.4) is 0 Å². The second-order valence-electron chi connectivity index (χ2n) is 4.24. The van der Waals surface area contributed by atoms with Gasteiger partial charge in [-0.15, -0.1) is 0 Å². The maximum absolute atomic E-state index is 12.1. The Morgan fingerprint density at radius 3 is 2.80 bits per heavy atom. The fourth-order valence-corrected chi connectivity index (χ4v) is 1.92. The third-order valence-electron chi connectivity index (χ3n) is 2.62. The number of hydroxylamine groups is 1. The molecule has 6 nitrogen and oxygen atoms in total. The van der Waals surface area contributed by atoms with Gasteiger partial charge < -0.3 is 5.73 Å². The van der Waals surface area contributed by atoms with Crippen LogP contribution in [0.25, 0.3) is 0 Å². The molecular formula is C13H19ClN4O2. The van der Waals surface area contributed by atoms with Crippen molar-refractivity contribution in [3.63, 3.8) is 0 Å². The quantitative estimate of drug-likeness (QED) is 0.338. The van der Waals surface area contributed by atoms with E-state index < -0.39 is 12.0 Å². The number of unbranched alkanes of at least 4 members (excludes halogenated alkanes) is 1. The number of halogens is 1. The number of hydrogen-bond acceptors (Lipinski definition) is 3. The minimum Gasteiger partial charge on any atom is -0.369 e. The Morgan fingerprint density at radius 2 is 2.25 bits per heavy atom. The highest BCUT2D eigenvalue weighted by Gasteiger charge is 2.23. The van der Waals surface area contributed by atoms with Crippen molar-refractivity contribution in [2.45, 2.75) is 26.7 Å². The second kappa shape index (κ2) is 7.72. The number of rotatable bonds is 5. The smallest absolute Gasteiger partial charge is 0.352 e. The van der Waals surface area contributed by atoms with E-state index >= 15 is 0 Å². The summed E-state index contributed by atoms with van der Waals surface area (Å²) in [5.41, 5.74) is 8.84. The number of aryl methyl sites for hydroxylation is 1. The summed E-state index contributed by atoms with van der Waals surface area (Å²) < 4.78 is 0.